The summed E-state index contributed by atoms with van der Waals surface area (Å²) >= 11 is 0. The molecule has 2 N–H and O–H groups in total. The third-order valence-electron chi connectivity index (χ3n) is 2.48. The van der Waals surface area contributed by atoms with E-state index in [1.165, 1.54) is 0 Å². The molecule has 94 valence electrons. The average molecular weight is 257 g/mol. The van der Waals surface area contributed by atoms with Crippen LogP contribution in [-0.4, -0.2) is 31.7 Å². The van der Waals surface area contributed by atoms with Crippen molar-refractivity contribution in [3.05, 3.63) is 30.3 Å². The lowest BCUT2D eigenvalue weighted by molar-refractivity contribution is -0.119. The summed E-state index contributed by atoms with van der Waals surface area (Å²) < 4.78 is 5.46. The number of morpholine rings is 1. The molecule has 2 rings (SSSR count). The lowest BCUT2D eigenvalue weighted by atomic mass is 10.2. The van der Waals surface area contributed by atoms with Crippen LogP contribution in [0.3, 0.4) is 0 Å². The fourth-order valence-electron chi connectivity index (χ4n) is 1.69. The maximum Gasteiger partial charge on any atom is 0.227 e. The Morgan fingerprint density at radius 2 is 2.18 bits per heavy atom. The van der Waals surface area contributed by atoms with Crippen LogP contribution in [0.15, 0.2) is 30.3 Å². The zero-order chi connectivity index (χ0) is 11.2. The van der Waals surface area contributed by atoms with Crippen LogP contribution in [0, 0.1) is 0 Å². The molecule has 1 fully saturated rings. The largest absolute Gasteiger partial charge is 0.375 e. The van der Waals surface area contributed by atoms with E-state index in [9.17, 15) is 4.79 Å². The number of amides is 1. The Morgan fingerprint density at radius 3 is 2.82 bits per heavy atom. The molecular formula is C12H17ClN2O2. The number of carbonyl (C=O) groups excluding carboxylic acids is 1. The molecule has 17 heavy (non-hydrogen) atoms. The maximum absolute atomic E-state index is 11.7. The van der Waals surface area contributed by atoms with Crippen LogP contribution in [0.25, 0.3) is 0 Å². The van der Waals surface area contributed by atoms with Crippen molar-refractivity contribution in [1.29, 1.82) is 0 Å². The van der Waals surface area contributed by atoms with E-state index in [0.29, 0.717) is 13.0 Å². The zero-order valence-electron chi connectivity index (χ0n) is 9.52. The molecular weight excluding hydrogens is 240 g/mol. The molecule has 1 heterocycles. The summed E-state index contributed by atoms with van der Waals surface area (Å²) in [7, 11) is 0. The van der Waals surface area contributed by atoms with Crippen LogP contribution in [0.1, 0.15) is 6.42 Å². The molecule has 1 atom stereocenters. The van der Waals surface area contributed by atoms with E-state index < -0.39 is 0 Å². The van der Waals surface area contributed by atoms with Crippen molar-refractivity contribution < 1.29 is 9.53 Å². The van der Waals surface area contributed by atoms with Gasteiger partial charge in [-0.05, 0) is 12.1 Å². The van der Waals surface area contributed by atoms with Crippen LogP contribution in [0.5, 0.6) is 0 Å². The van der Waals surface area contributed by atoms with Gasteiger partial charge in [-0.25, -0.2) is 0 Å². The molecule has 0 bridgehead atoms. The predicted molar refractivity (Wildman–Crippen MR) is 69.5 cm³/mol. The highest BCUT2D eigenvalue weighted by atomic mass is 35.5. The SMILES string of the molecule is Cl.O=C(CC1CNCCO1)Nc1ccccc1. The van der Waals surface area contributed by atoms with Crippen LogP contribution in [0.4, 0.5) is 5.69 Å². The summed E-state index contributed by atoms with van der Waals surface area (Å²) in [5, 5.41) is 6.04. The second-order valence-corrected chi connectivity index (χ2v) is 3.82. The highest BCUT2D eigenvalue weighted by molar-refractivity contribution is 5.90. The monoisotopic (exact) mass is 256 g/mol. The minimum atomic E-state index is -0.00235. The number of carbonyl (C=O) groups is 1. The van der Waals surface area contributed by atoms with Gasteiger partial charge in [-0.1, -0.05) is 18.2 Å². The number of hydrogen-bond acceptors (Lipinski definition) is 3. The number of anilines is 1. The summed E-state index contributed by atoms with van der Waals surface area (Å²) in [4.78, 5) is 11.7. The van der Waals surface area contributed by atoms with Gasteiger partial charge < -0.3 is 15.4 Å². The predicted octanol–water partition coefficient (Wildman–Crippen LogP) is 1.43. The molecule has 1 aromatic rings. The number of para-hydroxylation sites is 1. The highest BCUT2D eigenvalue weighted by Crippen LogP contribution is 2.08. The third-order valence-corrected chi connectivity index (χ3v) is 2.48. The van der Waals surface area contributed by atoms with E-state index >= 15 is 0 Å². The standard InChI is InChI=1S/C12H16N2O2.ClH/c15-12(8-11-9-13-6-7-16-11)14-10-4-2-1-3-5-10;/h1-5,11,13H,6-9H2,(H,14,15);1H. The number of rotatable bonds is 3. The summed E-state index contributed by atoms with van der Waals surface area (Å²) in [6, 6.07) is 9.46. The summed E-state index contributed by atoms with van der Waals surface area (Å²) in [6.07, 6.45) is 0.402. The first-order chi connectivity index (χ1) is 7.84. The molecule has 1 amide bonds. The molecule has 0 aliphatic carbocycles. The smallest absolute Gasteiger partial charge is 0.227 e. The number of ether oxygens (including phenoxy) is 1. The normalized spacial score (nSPS) is 19.2. The average Bonchev–Trinajstić information content (AvgIpc) is 2.31. The number of halogens is 1. The first-order valence-corrected chi connectivity index (χ1v) is 5.52. The number of nitrogens with one attached hydrogen (secondary N) is 2. The van der Waals surface area contributed by atoms with Gasteiger partial charge in [0.2, 0.25) is 5.91 Å². The van der Waals surface area contributed by atoms with E-state index in [0.717, 1.165) is 18.8 Å². The van der Waals surface area contributed by atoms with Gasteiger partial charge in [-0.15, -0.1) is 12.4 Å². The Bertz CT molecular complexity index is 340. The molecule has 0 spiro atoms. The van der Waals surface area contributed by atoms with E-state index in [1.54, 1.807) is 0 Å². The Balaban J connectivity index is 0.00000144. The molecule has 5 heteroatoms. The first-order valence-electron chi connectivity index (χ1n) is 5.52. The topological polar surface area (TPSA) is 50.4 Å². The molecule has 0 radical (unpaired) electrons. The Kier molecular flexibility index (Phi) is 5.97. The quantitative estimate of drug-likeness (QED) is 0.860. The van der Waals surface area contributed by atoms with Gasteiger partial charge in [0.05, 0.1) is 19.1 Å². The van der Waals surface area contributed by atoms with Gasteiger partial charge in [0.25, 0.3) is 0 Å². The van der Waals surface area contributed by atoms with Crippen molar-refractivity contribution in [3.63, 3.8) is 0 Å². The van der Waals surface area contributed by atoms with Gasteiger partial charge in [-0.2, -0.15) is 0 Å². The van der Waals surface area contributed by atoms with Crippen LogP contribution < -0.4 is 10.6 Å². The minimum Gasteiger partial charge on any atom is -0.375 e. The Hall–Kier alpha value is -1.10. The molecule has 1 aliphatic heterocycles. The number of benzene rings is 1. The summed E-state index contributed by atoms with van der Waals surface area (Å²) in [6.45, 7) is 2.31. The van der Waals surface area contributed by atoms with Gasteiger partial charge >= 0.3 is 0 Å². The van der Waals surface area contributed by atoms with Gasteiger partial charge in [0, 0.05) is 18.8 Å². The maximum atomic E-state index is 11.7. The second kappa shape index (κ2) is 7.27. The van der Waals surface area contributed by atoms with Gasteiger partial charge in [0.1, 0.15) is 0 Å². The third kappa shape index (κ3) is 4.73. The molecule has 0 aromatic heterocycles. The van der Waals surface area contributed by atoms with Crippen LogP contribution in [0.2, 0.25) is 0 Å². The first kappa shape index (κ1) is 14.0. The van der Waals surface area contributed by atoms with Gasteiger partial charge in [0.15, 0.2) is 0 Å². The van der Waals surface area contributed by atoms with Crippen molar-refractivity contribution in [2.45, 2.75) is 12.5 Å². The van der Waals surface area contributed by atoms with Crippen molar-refractivity contribution in [3.8, 4) is 0 Å². The van der Waals surface area contributed by atoms with Crippen LogP contribution >= 0.6 is 12.4 Å². The van der Waals surface area contributed by atoms with Gasteiger partial charge in [-0.3, -0.25) is 4.79 Å². The highest BCUT2D eigenvalue weighted by Gasteiger charge is 2.17. The molecule has 1 aromatic carbocycles. The van der Waals surface area contributed by atoms with E-state index in [2.05, 4.69) is 10.6 Å². The van der Waals surface area contributed by atoms with E-state index in [1.807, 2.05) is 30.3 Å². The molecule has 1 unspecified atom stereocenters. The zero-order valence-corrected chi connectivity index (χ0v) is 10.3. The lowest BCUT2D eigenvalue weighted by Gasteiger charge is -2.23. The lowest BCUT2D eigenvalue weighted by Crippen LogP contribution is -2.40. The fourth-order valence-corrected chi connectivity index (χ4v) is 1.69. The van der Waals surface area contributed by atoms with Crippen molar-refractivity contribution in [2.24, 2.45) is 0 Å². The molecule has 4 nitrogen and oxygen atoms in total. The fraction of sp³-hybridized carbons (Fsp3) is 0.417. The number of hydrogen-bond donors (Lipinski definition) is 2. The van der Waals surface area contributed by atoms with Crippen molar-refractivity contribution in [1.82, 2.24) is 5.32 Å². The second-order valence-electron chi connectivity index (χ2n) is 3.82. The Morgan fingerprint density at radius 1 is 1.41 bits per heavy atom. The molecule has 1 aliphatic rings. The molecule has 0 saturated carbocycles. The summed E-state index contributed by atoms with van der Waals surface area (Å²) in [5.74, 6) is -0.0000926. The van der Waals surface area contributed by atoms with E-state index in [-0.39, 0.29) is 24.4 Å². The van der Waals surface area contributed by atoms with Crippen LogP contribution in [-0.2, 0) is 9.53 Å². The Labute approximate surface area is 107 Å². The molecule has 1 saturated heterocycles. The van der Waals surface area contributed by atoms with Crippen molar-refractivity contribution in [2.75, 3.05) is 25.0 Å². The minimum absolute atomic E-state index is 0. The van der Waals surface area contributed by atoms with Crippen molar-refractivity contribution >= 4 is 24.0 Å². The summed E-state index contributed by atoms with van der Waals surface area (Å²) in [5.41, 5.74) is 0.830. The van der Waals surface area contributed by atoms with E-state index in [4.69, 9.17) is 4.74 Å².